The maximum atomic E-state index is 13.8. The third-order valence-corrected chi connectivity index (χ3v) is 4.62. The number of alkyl halides is 3. The molecule has 1 amide bonds. The van der Waals surface area contributed by atoms with E-state index >= 15 is 0 Å². The van der Waals surface area contributed by atoms with Crippen LogP contribution >= 0.6 is 0 Å². The molecule has 1 aliphatic heterocycles. The van der Waals surface area contributed by atoms with Gasteiger partial charge in [-0.25, -0.2) is 4.39 Å². The summed E-state index contributed by atoms with van der Waals surface area (Å²) in [6, 6.07) is 8.24. The second-order valence-electron chi connectivity index (χ2n) is 6.41. The van der Waals surface area contributed by atoms with Crippen molar-refractivity contribution in [3.8, 4) is 11.1 Å². The van der Waals surface area contributed by atoms with Crippen molar-refractivity contribution in [2.24, 2.45) is 11.7 Å². The lowest BCUT2D eigenvalue weighted by atomic mass is 9.97. The van der Waals surface area contributed by atoms with Gasteiger partial charge >= 0.3 is 6.18 Å². The first-order valence-electron chi connectivity index (χ1n) is 8.26. The van der Waals surface area contributed by atoms with Crippen molar-refractivity contribution in [3.05, 3.63) is 59.4 Å². The minimum atomic E-state index is -4.50. The van der Waals surface area contributed by atoms with Gasteiger partial charge in [0.2, 0.25) is 0 Å². The number of hydrogen-bond donors (Lipinski definition) is 1. The molecule has 3 rings (SSSR count). The van der Waals surface area contributed by atoms with E-state index in [4.69, 9.17) is 5.73 Å². The number of nitrogens with two attached hydrogens (primary N) is 1. The van der Waals surface area contributed by atoms with Crippen molar-refractivity contribution in [1.29, 1.82) is 0 Å². The van der Waals surface area contributed by atoms with E-state index in [0.29, 0.717) is 19.6 Å². The zero-order valence-electron chi connectivity index (χ0n) is 13.9. The highest BCUT2D eigenvalue weighted by Crippen LogP contribution is 2.34. The lowest BCUT2D eigenvalue weighted by molar-refractivity contribution is -0.137. The Bertz CT molecular complexity index is 819. The fourth-order valence-corrected chi connectivity index (χ4v) is 3.19. The number of carbonyl (C=O) groups excluding carboxylic acids is 1. The van der Waals surface area contributed by atoms with Gasteiger partial charge in [-0.2, -0.15) is 13.2 Å². The first-order valence-corrected chi connectivity index (χ1v) is 8.26. The Morgan fingerprint density at radius 3 is 2.62 bits per heavy atom. The fraction of sp³-hybridized carbons (Fsp3) is 0.316. The molecular formula is C19H18F4N2O. The molecule has 0 saturated carbocycles. The molecule has 7 heteroatoms. The first kappa shape index (κ1) is 18.4. The van der Waals surface area contributed by atoms with Gasteiger partial charge < -0.3 is 10.6 Å². The molecule has 0 aliphatic carbocycles. The van der Waals surface area contributed by atoms with E-state index in [1.165, 1.54) is 18.2 Å². The molecular weight excluding hydrogens is 348 g/mol. The van der Waals surface area contributed by atoms with Crippen LogP contribution in [-0.2, 0) is 6.18 Å². The first-order chi connectivity index (χ1) is 12.3. The highest BCUT2D eigenvalue weighted by molar-refractivity contribution is 6.01. The molecule has 1 fully saturated rings. The summed E-state index contributed by atoms with van der Waals surface area (Å²) >= 11 is 0. The van der Waals surface area contributed by atoms with Crippen molar-refractivity contribution >= 4 is 5.91 Å². The molecule has 0 bridgehead atoms. The zero-order valence-corrected chi connectivity index (χ0v) is 13.9. The van der Waals surface area contributed by atoms with Crippen LogP contribution in [0.2, 0.25) is 0 Å². The number of likely N-dealkylation sites (tertiary alicyclic amines) is 1. The lowest BCUT2D eigenvalue weighted by Crippen LogP contribution is -2.30. The van der Waals surface area contributed by atoms with Crippen LogP contribution in [0.25, 0.3) is 11.1 Å². The van der Waals surface area contributed by atoms with E-state index in [9.17, 15) is 22.4 Å². The van der Waals surface area contributed by atoms with Crippen molar-refractivity contribution in [2.45, 2.75) is 12.6 Å². The third-order valence-electron chi connectivity index (χ3n) is 4.62. The molecule has 1 heterocycles. The molecule has 1 saturated heterocycles. The van der Waals surface area contributed by atoms with Gasteiger partial charge in [-0.15, -0.1) is 0 Å². The largest absolute Gasteiger partial charge is 0.416 e. The highest BCUT2D eigenvalue weighted by atomic mass is 19.4. The van der Waals surface area contributed by atoms with Gasteiger partial charge in [0, 0.05) is 13.1 Å². The zero-order chi connectivity index (χ0) is 18.9. The van der Waals surface area contributed by atoms with Crippen molar-refractivity contribution in [1.82, 2.24) is 4.90 Å². The molecule has 0 radical (unpaired) electrons. The van der Waals surface area contributed by atoms with Gasteiger partial charge in [0.05, 0.1) is 11.1 Å². The quantitative estimate of drug-likeness (QED) is 0.837. The summed E-state index contributed by atoms with van der Waals surface area (Å²) in [5.74, 6) is -0.823. The van der Waals surface area contributed by atoms with Crippen LogP contribution in [0, 0.1) is 11.7 Å². The summed E-state index contributed by atoms with van der Waals surface area (Å²) < 4.78 is 52.7. The second-order valence-corrected chi connectivity index (χ2v) is 6.41. The molecule has 2 aromatic rings. The molecule has 0 aromatic heterocycles. The Morgan fingerprint density at radius 2 is 1.96 bits per heavy atom. The van der Waals surface area contributed by atoms with Crippen LogP contribution in [0.4, 0.5) is 17.6 Å². The Labute approximate surface area is 148 Å². The summed E-state index contributed by atoms with van der Waals surface area (Å²) in [6.07, 6.45) is -3.74. The van der Waals surface area contributed by atoms with Gasteiger partial charge in [-0.1, -0.05) is 18.2 Å². The predicted molar refractivity (Wildman–Crippen MR) is 89.9 cm³/mol. The van der Waals surface area contributed by atoms with Crippen molar-refractivity contribution in [2.75, 3.05) is 19.6 Å². The maximum Gasteiger partial charge on any atom is 0.416 e. The third kappa shape index (κ3) is 3.72. The normalized spacial score (nSPS) is 17.6. The molecule has 2 N–H and O–H groups in total. The molecule has 1 atom stereocenters. The standard InChI is InChI=1S/C19H18F4N2O/c20-15-4-5-16(13-2-1-3-14(8-13)19(21,22)23)17(9-15)18(26)25-7-6-12(10-24)11-25/h1-5,8-9,12H,6-7,10-11,24H2. The molecule has 2 aromatic carbocycles. The number of halogens is 4. The van der Waals surface area contributed by atoms with Crippen LogP contribution < -0.4 is 5.73 Å². The summed E-state index contributed by atoms with van der Waals surface area (Å²) in [5.41, 5.74) is 5.37. The summed E-state index contributed by atoms with van der Waals surface area (Å²) in [7, 11) is 0. The summed E-state index contributed by atoms with van der Waals surface area (Å²) in [5, 5.41) is 0. The summed E-state index contributed by atoms with van der Waals surface area (Å²) in [6.45, 7) is 1.42. The minimum absolute atomic E-state index is 0.0574. The van der Waals surface area contributed by atoms with Crippen LogP contribution in [0.5, 0.6) is 0 Å². The number of nitrogens with zero attached hydrogens (tertiary/aromatic N) is 1. The average Bonchev–Trinajstić information content (AvgIpc) is 3.09. The predicted octanol–water partition coefficient (Wildman–Crippen LogP) is 3.93. The van der Waals surface area contributed by atoms with E-state index < -0.39 is 23.5 Å². The van der Waals surface area contributed by atoms with Crippen LogP contribution in [0.3, 0.4) is 0 Å². The number of benzene rings is 2. The van der Waals surface area contributed by atoms with Crippen LogP contribution in [0.15, 0.2) is 42.5 Å². The molecule has 26 heavy (non-hydrogen) atoms. The van der Waals surface area contributed by atoms with Gasteiger partial charge in [0.25, 0.3) is 5.91 Å². The van der Waals surface area contributed by atoms with E-state index in [-0.39, 0.29) is 22.6 Å². The SMILES string of the molecule is NCC1CCN(C(=O)c2cc(F)ccc2-c2cccc(C(F)(F)F)c2)C1. The average molecular weight is 366 g/mol. The van der Waals surface area contributed by atoms with Crippen LogP contribution in [-0.4, -0.2) is 30.4 Å². The number of hydrogen-bond acceptors (Lipinski definition) is 2. The number of amides is 1. The molecule has 0 spiro atoms. The molecule has 138 valence electrons. The minimum Gasteiger partial charge on any atom is -0.338 e. The molecule has 3 nitrogen and oxygen atoms in total. The van der Waals surface area contributed by atoms with E-state index in [0.717, 1.165) is 30.7 Å². The molecule has 1 unspecified atom stereocenters. The van der Waals surface area contributed by atoms with Gasteiger partial charge in [0.1, 0.15) is 5.82 Å². The topological polar surface area (TPSA) is 46.3 Å². The van der Waals surface area contributed by atoms with Gasteiger partial charge in [-0.05, 0) is 54.3 Å². The van der Waals surface area contributed by atoms with E-state index in [1.54, 1.807) is 4.90 Å². The maximum absolute atomic E-state index is 13.8. The molecule has 1 aliphatic rings. The van der Waals surface area contributed by atoms with E-state index in [1.807, 2.05) is 0 Å². The Balaban J connectivity index is 2.01. The Hall–Kier alpha value is -2.41. The Kier molecular flexibility index (Phi) is 5.00. The Morgan fingerprint density at radius 1 is 1.19 bits per heavy atom. The monoisotopic (exact) mass is 366 g/mol. The number of carbonyl (C=O) groups is 1. The fourth-order valence-electron chi connectivity index (χ4n) is 3.19. The van der Waals surface area contributed by atoms with Crippen LogP contribution in [0.1, 0.15) is 22.3 Å². The summed E-state index contributed by atoms with van der Waals surface area (Å²) in [4.78, 5) is 14.4. The number of rotatable bonds is 3. The smallest absolute Gasteiger partial charge is 0.338 e. The van der Waals surface area contributed by atoms with E-state index in [2.05, 4.69) is 0 Å². The van der Waals surface area contributed by atoms with Crippen molar-refractivity contribution in [3.63, 3.8) is 0 Å². The van der Waals surface area contributed by atoms with Gasteiger partial charge in [-0.3, -0.25) is 4.79 Å². The van der Waals surface area contributed by atoms with Crippen molar-refractivity contribution < 1.29 is 22.4 Å². The highest BCUT2D eigenvalue weighted by Gasteiger charge is 2.31. The van der Waals surface area contributed by atoms with Gasteiger partial charge in [0.15, 0.2) is 0 Å². The second kappa shape index (κ2) is 7.07. The lowest BCUT2D eigenvalue weighted by Gasteiger charge is -2.19.